The van der Waals surface area contributed by atoms with Crippen LogP contribution in [-0.2, 0) is 0 Å². The van der Waals surface area contributed by atoms with Gasteiger partial charge in [0.15, 0.2) is 17.2 Å². The molecule has 0 bridgehead atoms. The molecule has 0 spiro atoms. The van der Waals surface area contributed by atoms with E-state index in [1.54, 1.807) is 0 Å². The number of hydrogen-bond acceptors (Lipinski definition) is 6. The lowest BCUT2D eigenvalue weighted by Crippen LogP contribution is -2.15. The summed E-state index contributed by atoms with van der Waals surface area (Å²) in [6, 6.07) is 2.63. The number of hydrogen-bond donors (Lipinski definition) is 2. The molecule has 8 heteroatoms. The fourth-order valence-electron chi connectivity index (χ4n) is 1.31. The number of nitrogens with zero attached hydrogens (tertiary/aromatic N) is 1. The summed E-state index contributed by atoms with van der Waals surface area (Å²) in [6.07, 6.45) is 1.16. The number of rotatable bonds is 4. The Bertz CT molecular complexity index is 655. The van der Waals surface area contributed by atoms with Gasteiger partial charge in [-0.1, -0.05) is 0 Å². The quantitative estimate of drug-likeness (QED) is 0.611. The Morgan fingerprint density at radius 2 is 2.00 bits per heavy atom. The van der Waals surface area contributed by atoms with Gasteiger partial charge in [-0.2, -0.15) is 0 Å². The molecule has 0 fully saturated rings. The number of H-pyrrole nitrogens is 1. The second-order valence-electron chi connectivity index (χ2n) is 3.56. The number of ketones is 1. The Kier molecular flexibility index (Phi) is 3.15. The largest absolute Gasteiger partial charge is 0.446 e. The van der Waals surface area contributed by atoms with E-state index in [0.717, 1.165) is 6.33 Å². The maximum Gasteiger partial charge on any atom is 0.381 e. The van der Waals surface area contributed by atoms with Crippen LogP contribution < -0.4 is 10.5 Å². The number of Topliss-reactive ketones (excluding diaryl/α,β-unsaturated/α-hetero) is 1. The number of nitrogens with one attached hydrogen (secondary N) is 1. The second-order valence-corrected chi connectivity index (χ2v) is 3.56. The fourth-order valence-corrected chi connectivity index (χ4v) is 1.31. The summed E-state index contributed by atoms with van der Waals surface area (Å²) >= 11 is 0. The van der Waals surface area contributed by atoms with Crippen molar-refractivity contribution in [3.05, 3.63) is 35.7 Å². The van der Waals surface area contributed by atoms with E-state index in [9.17, 15) is 14.4 Å². The van der Waals surface area contributed by atoms with E-state index in [1.165, 1.54) is 19.1 Å². The average Bonchev–Trinajstić information content (AvgIpc) is 2.96. The summed E-state index contributed by atoms with van der Waals surface area (Å²) in [5, 5.41) is 0. The van der Waals surface area contributed by atoms with Crippen molar-refractivity contribution in [1.29, 1.82) is 0 Å². The molecule has 0 saturated heterocycles. The number of amides is 1. The standard InChI is InChI=1S/C11H9N3O5/c1-5(15)6-2-3-7(18-6)11(17)19-10-8(9(12)16)13-4-14-10/h2-4H,1H3,(H2,12,16)(H,13,14). The van der Waals surface area contributed by atoms with Crippen molar-refractivity contribution in [2.24, 2.45) is 5.73 Å². The van der Waals surface area contributed by atoms with Gasteiger partial charge >= 0.3 is 5.97 Å². The average molecular weight is 263 g/mol. The number of furan rings is 1. The zero-order valence-corrected chi connectivity index (χ0v) is 9.80. The number of primary amides is 1. The molecule has 2 heterocycles. The molecule has 0 unspecified atom stereocenters. The maximum absolute atomic E-state index is 11.7. The minimum Gasteiger partial charge on any atom is -0.446 e. The van der Waals surface area contributed by atoms with Crippen LogP contribution in [0.2, 0.25) is 0 Å². The van der Waals surface area contributed by atoms with E-state index in [0.29, 0.717) is 0 Å². The molecule has 98 valence electrons. The molecule has 1 amide bonds. The Morgan fingerprint density at radius 1 is 1.32 bits per heavy atom. The van der Waals surface area contributed by atoms with Gasteiger partial charge in [0.05, 0.1) is 6.33 Å². The number of carbonyl (C=O) groups excluding carboxylic acids is 3. The Hall–Kier alpha value is -2.90. The minimum absolute atomic E-state index is 0.0316. The minimum atomic E-state index is -0.887. The van der Waals surface area contributed by atoms with Gasteiger partial charge in [0.2, 0.25) is 5.76 Å². The van der Waals surface area contributed by atoms with Crippen molar-refractivity contribution >= 4 is 17.7 Å². The second kappa shape index (κ2) is 4.77. The van der Waals surface area contributed by atoms with E-state index in [2.05, 4.69) is 9.97 Å². The van der Waals surface area contributed by atoms with Crippen LogP contribution >= 0.6 is 0 Å². The van der Waals surface area contributed by atoms with Crippen LogP contribution in [0, 0.1) is 0 Å². The van der Waals surface area contributed by atoms with Crippen LogP contribution in [0.3, 0.4) is 0 Å². The number of ether oxygens (including phenoxy) is 1. The van der Waals surface area contributed by atoms with E-state index in [1.807, 2.05) is 0 Å². The fraction of sp³-hybridized carbons (Fsp3) is 0.0909. The number of carbonyl (C=O) groups is 3. The van der Waals surface area contributed by atoms with Crippen LogP contribution in [0.25, 0.3) is 0 Å². The Labute approximate surface area is 106 Å². The van der Waals surface area contributed by atoms with Gasteiger partial charge in [0.25, 0.3) is 11.8 Å². The molecule has 2 rings (SSSR count). The smallest absolute Gasteiger partial charge is 0.381 e. The summed E-state index contributed by atoms with van der Waals surface area (Å²) in [7, 11) is 0. The highest BCUT2D eigenvalue weighted by atomic mass is 16.6. The summed E-state index contributed by atoms with van der Waals surface area (Å²) in [5.74, 6) is -2.42. The molecular weight excluding hydrogens is 254 g/mol. The molecule has 0 radical (unpaired) electrons. The van der Waals surface area contributed by atoms with Gasteiger partial charge in [-0.05, 0) is 12.1 Å². The van der Waals surface area contributed by atoms with Crippen molar-refractivity contribution in [1.82, 2.24) is 9.97 Å². The number of imidazole rings is 1. The molecule has 2 aromatic heterocycles. The molecule has 8 nitrogen and oxygen atoms in total. The molecule has 0 aliphatic heterocycles. The lowest BCUT2D eigenvalue weighted by Gasteiger charge is -1.99. The predicted molar refractivity (Wildman–Crippen MR) is 60.8 cm³/mol. The molecule has 19 heavy (non-hydrogen) atoms. The molecule has 0 saturated carbocycles. The summed E-state index contributed by atoms with van der Waals surface area (Å²) in [4.78, 5) is 39.8. The summed E-state index contributed by atoms with van der Waals surface area (Å²) in [6.45, 7) is 1.30. The first-order valence-electron chi connectivity index (χ1n) is 5.15. The van der Waals surface area contributed by atoms with E-state index in [-0.39, 0.29) is 28.9 Å². The Morgan fingerprint density at radius 3 is 2.58 bits per heavy atom. The van der Waals surface area contributed by atoms with E-state index in [4.69, 9.17) is 14.9 Å². The molecule has 0 aliphatic rings. The predicted octanol–water partition coefficient (Wildman–Crippen LogP) is 0.523. The van der Waals surface area contributed by atoms with Crippen molar-refractivity contribution in [3.63, 3.8) is 0 Å². The monoisotopic (exact) mass is 263 g/mol. The molecule has 3 N–H and O–H groups in total. The zero-order valence-electron chi connectivity index (χ0n) is 9.80. The van der Waals surface area contributed by atoms with Crippen LogP contribution in [0.5, 0.6) is 5.88 Å². The van der Waals surface area contributed by atoms with Gasteiger partial charge in [0, 0.05) is 6.92 Å². The number of aromatic amines is 1. The lowest BCUT2D eigenvalue weighted by atomic mass is 10.3. The van der Waals surface area contributed by atoms with Crippen molar-refractivity contribution in [2.45, 2.75) is 6.92 Å². The third-order valence-corrected chi connectivity index (χ3v) is 2.19. The van der Waals surface area contributed by atoms with Gasteiger partial charge < -0.3 is 19.9 Å². The SMILES string of the molecule is CC(=O)c1ccc(C(=O)Oc2nc[nH]c2C(N)=O)o1. The van der Waals surface area contributed by atoms with Gasteiger partial charge in [0.1, 0.15) is 0 Å². The molecule has 0 atom stereocenters. The summed E-state index contributed by atoms with van der Waals surface area (Å²) in [5.41, 5.74) is 4.91. The normalized spacial score (nSPS) is 10.2. The van der Waals surface area contributed by atoms with E-state index < -0.39 is 11.9 Å². The highest BCUT2D eigenvalue weighted by molar-refractivity contribution is 5.96. The van der Waals surface area contributed by atoms with Gasteiger partial charge in [-0.15, -0.1) is 0 Å². The van der Waals surface area contributed by atoms with Crippen molar-refractivity contribution < 1.29 is 23.5 Å². The van der Waals surface area contributed by atoms with Crippen LogP contribution in [0.15, 0.2) is 22.9 Å². The molecule has 2 aromatic rings. The summed E-state index contributed by atoms with van der Waals surface area (Å²) < 4.78 is 9.82. The first kappa shape index (κ1) is 12.6. The highest BCUT2D eigenvalue weighted by Crippen LogP contribution is 2.15. The van der Waals surface area contributed by atoms with Gasteiger partial charge in [-0.3, -0.25) is 9.59 Å². The first-order chi connectivity index (χ1) is 8.99. The highest BCUT2D eigenvalue weighted by Gasteiger charge is 2.20. The number of aromatic nitrogens is 2. The van der Waals surface area contributed by atoms with Crippen molar-refractivity contribution in [3.8, 4) is 5.88 Å². The zero-order chi connectivity index (χ0) is 14.0. The van der Waals surface area contributed by atoms with Gasteiger partial charge in [-0.25, -0.2) is 9.78 Å². The van der Waals surface area contributed by atoms with Crippen molar-refractivity contribution in [2.75, 3.05) is 0 Å². The number of esters is 1. The lowest BCUT2D eigenvalue weighted by molar-refractivity contribution is 0.0690. The third kappa shape index (κ3) is 2.51. The molecule has 0 aliphatic carbocycles. The maximum atomic E-state index is 11.7. The topological polar surface area (TPSA) is 128 Å². The first-order valence-corrected chi connectivity index (χ1v) is 5.15. The molecule has 0 aromatic carbocycles. The van der Waals surface area contributed by atoms with E-state index >= 15 is 0 Å². The van der Waals surface area contributed by atoms with Crippen LogP contribution in [0.1, 0.15) is 38.5 Å². The van der Waals surface area contributed by atoms with Crippen LogP contribution in [0.4, 0.5) is 0 Å². The van der Waals surface area contributed by atoms with Crippen LogP contribution in [-0.4, -0.2) is 27.6 Å². The Balaban J connectivity index is 2.18. The molecular formula is C11H9N3O5. The third-order valence-electron chi connectivity index (χ3n) is 2.19. The number of nitrogens with two attached hydrogens (primary N) is 1.